The van der Waals surface area contributed by atoms with Crippen LogP contribution in [0.25, 0.3) is 0 Å². The number of carbonyl (C=O) groups is 4. The van der Waals surface area contributed by atoms with Crippen molar-refractivity contribution in [2.45, 2.75) is 32.2 Å². The van der Waals surface area contributed by atoms with Crippen molar-refractivity contribution in [3.05, 3.63) is 71.4 Å². The second-order valence-corrected chi connectivity index (χ2v) is 7.99. The van der Waals surface area contributed by atoms with E-state index in [0.717, 1.165) is 0 Å². The molecule has 3 aromatic rings. The smallest absolute Gasteiger partial charge is 0.274 e. The second-order valence-electron chi connectivity index (χ2n) is 7.99. The van der Waals surface area contributed by atoms with Gasteiger partial charge in [0.05, 0.1) is 29.6 Å². The second kappa shape index (κ2) is 10.2. The van der Waals surface area contributed by atoms with Crippen LogP contribution in [-0.2, 0) is 18.4 Å². The number of aryl methyl sites for hydroxylation is 1. The summed E-state index contributed by atoms with van der Waals surface area (Å²) in [5.74, 6) is -0.598. The Balaban J connectivity index is 1.21. The SMILES string of the molecule is Cn1cc(NC(=O)CCCCCN2C(=O)c3ccccc3C2=O)c(C(=O)NCc2ccco2)n1. The molecule has 2 aromatic heterocycles. The fraction of sp³-hybridized carbons (Fsp3) is 0.292. The number of benzene rings is 1. The monoisotopic (exact) mass is 463 g/mol. The summed E-state index contributed by atoms with van der Waals surface area (Å²) in [5, 5.41) is 9.59. The van der Waals surface area contributed by atoms with Crippen LogP contribution >= 0.6 is 0 Å². The molecule has 0 radical (unpaired) electrons. The van der Waals surface area contributed by atoms with Gasteiger partial charge in [0.25, 0.3) is 17.7 Å². The normalized spacial score (nSPS) is 12.7. The molecule has 1 aliphatic heterocycles. The molecule has 10 nitrogen and oxygen atoms in total. The first-order chi connectivity index (χ1) is 16.4. The lowest BCUT2D eigenvalue weighted by Gasteiger charge is -2.13. The van der Waals surface area contributed by atoms with E-state index in [2.05, 4.69) is 15.7 Å². The Morgan fingerprint density at radius 1 is 1.00 bits per heavy atom. The molecule has 1 aliphatic rings. The topological polar surface area (TPSA) is 127 Å². The summed E-state index contributed by atoms with van der Waals surface area (Å²) in [6, 6.07) is 10.3. The lowest BCUT2D eigenvalue weighted by Crippen LogP contribution is -2.30. The number of hydrogen-bond acceptors (Lipinski definition) is 6. The zero-order chi connectivity index (χ0) is 24.1. The number of hydrogen-bond donors (Lipinski definition) is 2. The summed E-state index contributed by atoms with van der Waals surface area (Å²) in [7, 11) is 1.66. The van der Waals surface area contributed by atoms with Crippen molar-refractivity contribution in [3.63, 3.8) is 0 Å². The number of anilines is 1. The Morgan fingerprint density at radius 2 is 1.74 bits per heavy atom. The highest BCUT2D eigenvalue weighted by atomic mass is 16.3. The van der Waals surface area contributed by atoms with Gasteiger partial charge in [0.1, 0.15) is 5.76 Å². The fourth-order valence-corrected chi connectivity index (χ4v) is 3.80. The van der Waals surface area contributed by atoms with Crippen LogP contribution in [0.5, 0.6) is 0 Å². The molecule has 2 N–H and O–H groups in total. The molecule has 0 unspecified atom stereocenters. The number of furan rings is 1. The van der Waals surface area contributed by atoms with Gasteiger partial charge in [0.2, 0.25) is 5.91 Å². The predicted molar refractivity (Wildman–Crippen MR) is 122 cm³/mol. The first-order valence-corrected chi connectivity index (χ1v) is 11.0. The highest BCUT2D eigenvalue weighted by Gasteiger charge is 2.34. The van der Waals surface area contributed by atoms with Crippen LogP contribution in [0.3, 0.4) is 0 Å². The number of aromatic nitrogens is 2. The summed E-state index contributed by atoms with van der Waals surface area (Å²) >= 11 is 0. The molecule has 4 amide bonds. The summed E-state index contributed by atoms with van der Waals surface area (Å²) in [5.41, 5.74) is 1.32. The minimum absolute atomic E-state index is 0.119. The standard InChI is InChI=1S/C24H25N5O5/c1-28-15-19(21(27-28)22(31)25-14-16-8-7-13-34-16)26-20(30)11-3-2-6-12-29-23(32)17-9-4-5-10-18(17)24(29)33/h4-5,7-10,13,15H,2-3,6,11-12,14H2,1H3,(H,25,31)(H,26,30). The molecule has 1 aromatic carbocycles. The maximum absolute atomic E-state index is 12.5. The minimum atomic E-state index is -0.423. The van der Waals surface area contributed by atoms with Crippen LogP contribution in [0.1, 0.15) is 62.6 Å². The molecule has 3 heterocycles. The molecule has 0 aliphatic carbocycles. The number of nitrogens with zero attached hydrogens (tertiary/aromatic N) is 3. The Labute approximate surface area is 195 Å². The first-order valence-electron chi connectivity index (χ1n) is 11.0. The third-order valence-electron chi connectivity index (χ3n) is 5.48. The van der Waals surface area contributed by atoms with Gasteiger partial charge in [-0.2, -0.15) is 5.10 Å². The van der Waals surface area contributed by atoms with Gasteiger partial charge in [-0.05, 0) is 37.1 Å². The van der Waals surface area contributed by atoms with Gasteiger partial charge in [-0.15, -0.1) is 0 Å². The van der Waals surface area contributed by atoms with E-state index in [1.54, 1.807) is 49.6 Å². The van der Waals surface area contributed by atoms with Crippen molar-refractivity contribution in [2.75, 3.05) is 11.9 Å². The number of rotatable bonds is 10. The van der Waals surface area contributed by atoms with Gasteiger partial charge in [0, 0.05) is 26.2 Å². The van der Waals surface area contributed by atoms with E-state index in [1.165, 1.54) is 15.8 Å². The Kier molecular flexibility index (Phi) is 6.86. The molecular formula is C24H25N5O5. The van der Waals surface area contributed by atoms with Crippen LogP contribution in [0.2, 0.25) is 0 Å². The average molecular weight is 463 g/mol. The first kappa shape index (κ1) is 23.0. The molecule has 0 bridgehead atoms. The summed E-state index contributed by atoms with van der Waals surface area (Å²) < 4.78 is 6.65. The number of imide groups is 1. The highest BCUT2D eigenvalue weighted by Crippen LogP contribution is 2.23. The molecule has 0 saturated heterocycles. The highest BCUT2D eigenvalue weighted by molar-refractivity contribution is 6.21. The van der Waals surface area contributed by atoms with Gasteiger partial charge in [0.15, 0.2) is 5.69 Å². The van der Waals surface area contributed by atoms with Gasteiger partial charge in [-0.3, -0.25) is 28.8 Å². The zero-order valence-corrected chi connectivity index (χ0v) is 18.7. The molecule has 4 rings (SSSR count). The van der Waals surface area contributed by atoms with E-state index < -0.39 is 5.91 Å². The van der Waals surface area contributed by atoms with Crippen molar-refractivity contribution in [3.8, 4) is 0 Å². The quantitative estimate of drug-likeness (QED) is 0.352. The van der Waals surface area contributed by atoms with E-state index in [1.807, 2.05) is 0 Å². The van der Waals surface area contributed by atoms with Crippen molar-refractivity contribution < 1.29 is 23.6 Å². The zero-order valence-electron chi connectivity index (χ0n) is 18.7. The van der Waals surface area contributed by atoms with Crippen LogP contribution in [-0.4, -0.2) is 44.9 Å². The molecule has 10 heteroatoms. The molecule has 0 fully saturated rings. The Bertz CT molecular complexity index is 1180. The van der Waals surface area contributed by atoms with E-state index in [-0.39, 0.29) is 36.4 Å². The van der Waals surface area contributed by atoms with Crippen LogP contribution in [0, 0.1) is 0 Å². The largest absolute Gasteiger partial charge is 0.467 e. The maximum atomic E-state index is 12.5. The number of unbranched alkanes of at least 4 members (excludes halogenated alkanes) is 2. The van der Waals surface area contributed by atoms with Crippen molar-refractivity contribution in [2.24, 2.45) is 7.05 Å². The van der Waals surface area contributed by atoms with Crippen molar-refractivity contribution in [1.82, 2.24) is 20.0 Å². The van der Waals surface area contributed by atoms with E-state index in [4.69, 9.17) is 4.42 Å². The van der Waals surface area contributed by atoms with Crippen LogP contribution < -0.4 is 10.6 Å². The third kappa shape index (κ3) is 5.06. The summed E-state index contributed by atoms with van der Waals surface area (Å²) in [6.07, 6.45) is 5.19. The van der Waals surface area contributed by atoms with Gasteiger partial charge in [-0.25, -0.2) is 0 Å². The van der Waals surface area contributed by atoms with Crippen molar-refractivity contribution >= 4 is 29.3 Å². The molecule has 0 saturated carbocycles. The van der Waals surface area contributed by atoms with E-state index in [0.29, 0.717) is 48.4 Å². The lowest BCUT2D eigenvalue weighted by atomic mass is 10.1. The Hall–Kier alpha value is -4.21. The molecule has 0 atom stereocenters. The minimum Gasteiger partial charge on any atom is -0.467 e. The summed E-state index contributed by atoms with van der Waals surface area (Å²) in [6.45, 7) is 0.527. The molecule has 176 valence electrons. The molecule has 34 heavy (non-hydrogen) atoms. The third-order valence-corrected chi connectivity index (χ3v) is 5.48. The van der Waals surface area contributed by atoms with Gasteiger partial charge >= 0.3 is 0 Å². The fourth-order valence-electron chi connectivity index (χ4n) is 3.80. The lowest BCUT2D eigenvalue weighted by molar-refractivity contribution is -0.116. The van der Waals surface area contributed by atoms with Crippen LogP contribution in [0.4, 0.5) is 5.69 Å². The number of nitrogens with one attached hydrogen (secondary N) is 2. The van der Waals surface area contributed by atoms with Crippen molar-refractivity contribution in [1.29, 1.82) is 0 Å². The van der Waals surface area contributed by atoms with Gasteiger partial charge in [-0.1, -0.05) is 18.6 Å². The number of amides is 4. The van der Waals surface area contributed by atoms with Crippen LogP contribution in [0.15, 0.2) is 53.3 Å². The number of fused-ring (bicyclic) bond motifs is 1. The van der Waals surface area contributed by atoms with E-state index in [9.17, 15) is 19.2 Å². The maximum Gasteiger partial charge on any atom is 0.274 e. The molecule has 0 spiro atoms. The van der Waals surface area contributed by atoms with Gasteiger partial charge < -0.3 is 15.1 Å². The predicted octanol–water partition coefficient (Wildman–Crippen LogP) is 2.74. The summed E-state index contributed by atoms with van der Waals surface area (Å²) in [4.78, 5) is 50.9. The van der Waals surface area contributed by atoms with E-state index >= 15 is 0 Å². The number of carbonyl (C=O) groups excluding carboxylic acids is 4. The average Bonchev–Trinajstić information content (AvgIpc) is 3.53. The molecular weight excluding hydrogens is 438 g/mol. The Morgan fingerprint density at radius 3 is 2.41 bits per heavy atom.